The van der Waals surface area contributed by atoms with Crippen molar-refractivity contribution in [2.24, 2.45) is 0 Å². The predicted octanol–water partition coefficient (Wildman–Crippen LogP) is 3.77. The Balaban J connectivity index is 1.94. The summed E-state index contributed by atoms with van der Waals surface area (Å²) in [6.07, 6.45) is 0. The number of ether oxygens (including phenoxy) is 1. The second kappa shape index (κ2) is 7.38. The summed E-state index contributed by atoms with van der Waals surface area (Å²) >= 11 is 4.85. The first kappa shape index (κ1) is 15.7. The topological polar surface area (TPSA) is 64.3 Å². The van der Waals surface area contributed by atoms with E-state index in [2.05, 4.69) is 21.2 Å². The van der Waals surface area contributed by atoms with Crippen LogP contribution in [0.15, 0.2) is 51.8 Å². The van der Waals surface area contributed by atoms with Gasteiger partial charge in [0, 0.05) is 21.1 Å². The number of methoxy groups -OCH3 is 1. The highest BCUT2D eigenvalue weighted by molar-refractivity contribution is 9.10. The van der Waals surface area contributed by atoms with Crippen LogP contribution >= 0.6 is 27.7 Å². The summed E-state index contributed by atoms with van der Waals surface area (Å²) in [7, 11) is 1.54. The molecule has 0 unspecified atom stereocenters. The number of anilines is 2. The van der Waals surface area contributed by atoms with Crippen LogP contribution < -0.4 is 15.8 Å². The fraction of sp³-hybridized carbons (Fsp3) is 0.133. The lowest BCUT2D eigenvalue weighted by Crippen LogP contribution is -2.14. The molecule has 110 valence electrons. The van der Waals surface area contributed by atoms with Crippen LogP contribution in [-0.2, 0) is 4.79 Å². The number of halogens is 1. The van der Waals surface area contributed by atoms with Crippen LogP contribution in [0.3, 0.4) is 0 Å². The van der Waals surface area contributed by atoms with Gasteiger partial charge in [0.05, 0.1) is 18.6 Å². The number of hydrogen-bond donors (Lipinski definition) is 2. The summed E-state index contributed by atoms with van der Waals surface area (Å²) in [4.78, 5) is 13.0. The molecule has 0 bridgehead atoms. The van der Waals surface area contributed by atoms with E-state index in [0.29, 0.717) is 22.9 Å². The highest BCUT2D eigenvalue weighted by atomic mass is 79.9. The third-order valence-corrected chi connectivity index (χ3v) is 4.22. The van der Waals surface area contributed by atoms with Crippen molar-refractivity contribution in [3.05, 3.63) is 46.9 Å². The van der Waals surface area contributed by atoms with Crippen molar-refractivity contribution in [1.82, 2.24) is 0 Å². The van der Waals surface area contributed by atoms with Crippen LogP contribution in [0, 0.1) is 0 Å². The molecule has 0 aliphatic carbocycles. The molecule has 0 saturated heterocycles. The predicted molar refractivity (Wildman–Crippen MR) is 90.9 cm³/mol. The lowest BCUT2D eigenvalue weighted by Gasteiger charge is -2.10. The maximum Gasteiger partial charge on any atom is 0.234 e. The maximum atomic E-state index is 12.0. The van der Waals surface area contributed by atoms with Crippen LogP contribution in [0.2, 0.25) is 0 Å². The molecular weight excluding hydrogens is 352 g/mol. The van der Waals surface area contributed by atoms with E-state index in [1.807, 2.05) is 24.3 Å². The largest absolute Gasteiger partial charge is 0.494 e. The summed E-state index contributed by atoms with van der Waals surface area (Å²) in [6.45, 7) is 0. The Kier molecular flexibility index (Phi) is 5.52. The van der Waals surface area contributed by atoms with Gasteiger partial charge in [0.25, 0.3) is 0 Å². The van der Waals surface area contributed by atoms with E-state index in [1.54, 1.807) is 25.3 Å². The van der Waals surface area contributed by atoms with Gasteiger partial charge in [-0.1, -0.05) is 15.9 Å². The number of amides is 1. The Hall–Kier alpha value is -1.66. The summed E-state index contributed by atoms with van der Waals surface area (Å²) < 4.78 is 6.21. The molecule has 0 radical (unpaired) electrons. The van der Waals surface area contributed by atoms with Gasteiger partial charge in [-0.3, -0.25) is 4.79 Å². The number of nitrogen functional groups attached to an aromatic ring is 1. The van der Waals surface area contributed by atoms with Crippen molar-refractivity contribution in [2.75, 3.05) is 23.9 Å². The lowest BCUT2D eigenvalue weighted by molar-refractivity contribution is -0.113. The second-order valence-electron chi connectivity index (χ2n) is 4.25. The van der Waals surface area contributed by atoms with Crippen LogP contribution in [-0.4, -0.2) is 18.8 Å². The molecule has 0 saturated carbocycles. The molecule has 2 aromatic carbocycles. The first-order chi connectivity index (χ1) is 10.1. The third kappa shape index (κ3) is 4.68. The van der Waals surface area contributed by atoms with Crippen LogP contribution in [0.4, 0.5) is 11.4 Å². The molecule has 0 heterocycles. The smallest absolute Gasteiger partial charge is 0.234 e. The molecule has 0 spiro atoms. The van der Waals surface area contributed by atoms with Crippen molar-refractivity contribution in [2.45, 2.75) is 4.90 Å². The highest BCUT2D eigenvalue weighted by Crippen LogP contribution is 2.27. The maximum absolute atomic E-state index is 12.0. The molecular formula is C15H15BrN2O2S. The Morgan fingerprint density at radius 2 is 2.00 bits per heavy atom. The molecule has 0 fully saturated rings. The van der Waals surface area contributed by atoms with Crippen molar-refractivity contribution in [1.29, 1.82) is 0 Å². The van der Waals surface area contributed by atoms with Gasteiger partial charge in [-0.2, -0.15) is 0 Å². The van der Waals surface area contributed by atoms with E-state index >= 15 is 0 Å². The Bertz CT molecular complexity index is 632. The van der Waals surface area contributed by atoms with Gasteiger partial charge in [-0.25, -0.2) is 0 Å². The highest BCUT2D eigenvalue weighted by Gasteiger charge is 2.08. The van der Waals surface area contributed by atoms with Crippen molar-refractivity contribution < 1.29 is 9.53 Å². The fourth-order valence-electron chi connectivity index (χ4n) is 1.68. The fourth-order valence-corrected chi connectivity index (χ4v) is 2.64. The van der Waals surface area contributed by atoms with Gasteiger partial charge in [0.1, 0.15) is 5.75 Å². The summed E-state index contributed by atoms with van der Waals surface area (Å²) in [6, 6.07) is 13.0. The first-order valence-electron chi connectivity index (χ1n) is 6.20. The SMILES string of the molecule is COc1cc(N)ccc1NC(=O)CSc1ccc(Br)cc1. The number of carbonyl (C=O) groups is 1. The summed E-state index contributed by atoms with van der Waals surface area (Å²) in [5.41, 5.74) is 6.89. The minimum absolute atomic E-state index is 0.0917. The molecule has 2 aromatic rings. The van der Waals surface area contributed by atoms with Crippen molar-refractivity contribution in [3.8, 4) is 5.75 Å². The normalized spacial score (nSPS) is 10.2. The quantitative estimate of drug-likeness (QED) is 0.624. The van der Waals surface area contributed by atoms with Gasteiger partial charge < -0.3 is 15.8 Å². The molecule has 0 aromatic heterocycles. The average molecular weight is 367 g/mol. The zero-order chi connectivity index (χ0) is 15.2. The van der Waals surface area contributed by atoms with Crippen LogP contribution in [0.1, 0.15) is 0 Å². The summed E-state index contributed by atoms with van der Waals surface area (Å²) in [5, 5.41) is 2.82. The van der Waals surface area contributed by atoms with Gasteiger partial charge in [-0.15, -0.1) is 11.8 Å². The van der Waals surface area contributed by atoms with E-state index in [0.717, 1.165) is 9.37 Å². The average Bonchev–Trinajstić information content (AvgIpc) is 2.48. The Morgan fingerprint density at radius 3 is 2.67 bits per heavy atom. The number of carbonyl (C=O) groups excluding carboxylic acids is 1. The monoisotopic (exact) mass is 366 g/mol. The molecule has 0 aliphatic heterocycles. The molecule has 2 rings (SSSR count). The van der Waals surface area contributed by atoms with Crippen molar-refractivity contribution >= 4 is 45.0 Å². The Labute approximate surface area is 136 Å². The number of hydrogen-bond acceptors (Lipinski definition) is 4. The number of nitrogens with one attached hydrogen (secondary N) is 1. The molecule has 1 amide bonds. The third-order valence-electron chi connectivity index (χ3n) is 2.68. The molecule has 21 heavy (non-hydrogen) atoms. The van der Waals surface area contributed by atoms with Gasteiger partial charge in [-0.05, 0) is 36.4 Å². The van der Waals surface area contributed by atoms with E-state index in [-0.39, 0.29) is 5.91 Å². The number of nitrogens with two attached hydrogens (primary N) is 1. The second-order valence-corrected chi connectivity index (χ2v) is 6.21. The van der Waals surface area contributed by atoms with Gasteiger partial charge in [0.2, 0.25) is 5.91 Å². The van der Waals surface area contributed by atoms with Crippen molar-refractivity contribution in [3.63, 3.8) is 0 Å². The summed E-state index contributed by atoms with van der Waals surface area (Å²) in [5.74, 6) is 0.790. The van der Waals surface area contributed by atoms with E-state index in [1.165, 1.54) is 11.8 Å². The number of benzene rings is 2. The van der Waals surface area contributed by atoms with E-state index in [4.69, 9.17) is 10.5 Å². The minimum atomic E-state index is -0.0917. The standard InChI is InChI=1S/C15H15BrN2O2S/c1-20-14-8-11(17)4-7-13(14)18-15(19)9-21-12-5-2-10(16)3-6-12/h2-8H,9,17H2,1H3,(H,18,19). The molecule has 4 nitrogen and oxygen atoms in total. The van der Waals surface area contributed by atoms with Crippen LogP contribution in [0.5, 0.6) is 5.75 Å². The Morgan fingerprint density at radius 1 is 1.29 bits per heavy atom. The molecule has 0 atom stereocenters. The molecule has 6 heteroatoms. The number of rotatable bonds is 5. The zero-order valence-electron chi connectivity index (χ0n) is 11.4. The zero-order valence-corrected chi connectivity index (χ0v) is 13.8. The van der Waals surface area contributed by atoms with E-state index in [9.17, 15) is 4.79 Å². The van der Waals surface area contributed by atoms with E-state index < -0.39 is 0 Å². The van der Waals surface area contributed by atoms with Gasteiger partial charge in [0.15, 0.2) is 0 Å². The number of thioether (sulfide) groups is 1. The lowest BCUT2D eigenvalue weighted by atomic mass is 10.2. The first-order valence-corrected chi connectivity index (χ1v) is 7.98. The molecule has 3 N–H and O–H groups in total. The van der Waals surface area contributed by atoms with Crippen LogP contribution in [0.25, 0.3) is 0 Å². The van der Waals surface area contributed by atoms with Gasteiger partial charge >= 0.3 is 0 Å². The minimum Gasteiger partial charge on any atom is -0.494 e. The molecule has 0 aliphatic rings.